The highest BCUT2D eigenvalue weighted by molar-refractivity contribution is 5.19. The predicted octanol–water partition coefficient (Wildman–Crippen LogP) is 1.28. The molecule has 0 aliphatic heterocycles. The lowest BCUT2D eigenvalue weighted by atomic mass is 10.1. The molecule has 0 unspecified atom stereocenters. The van der Waals surface area contributed by atoms with Crippen LogP contribution < -0.4 is 5.32 Å². The summed E-state index contributed by atoms with van der Waals surface area (Å²) in [6, 6.07) is 0. The molecule has 1 rings (SSSR count). The van der Waals surface area contributed by atoms with Crippen molar-refractivity contribution in [2.45, 2.75) is 26.3 Å². The first-order chi connectivity index (χ1) is 7.15. The molecule has 0 fully saturated rings. The Morgan fingerprint density at radius 3 is 2.87 bits per heavy atom. The highest BCUT2D eigenvalue weighted by atomic mass is 16.5. The van der Waals surface area contributed by atoms with Crippen molar-refractivity contribution in [3.8, 4) is 0 Å². The van der Waals surface area contributed by atoms with Gasteiger partial charge in [-0.3, -0.25) is 4.68 Å². The van der Waals surface area contributed by atoms with Gasteiger partial charge in [-0.25, -0.2) is 0 Å². The van der Waals surface area contributed by atoms with Gasteiger partial charge in [0, 0.05) is 39.0 Å². The van der Waals surface area contributed by atoms with Crippen LogP contribution in [0.3, 0.4) is 0 Å². The molecule has 0 atom stereocenters. The van der Waals surface area contributed by atoms with Crippen molar-refractivity contribution >= 4 is 0 Å². The first-order valence-corrected chi connectivity index (χ1v) is 5.37. The first-order valence-electron chi connectivity index (χ1n) is 5.37. The number of aryl methyl sites for hydroxylation is 1. The van der Waals surface area contributed by atoms with Gasteiger partial charge in [-0.15, -0.1) is 0 Å². The fraction of sp³-hybridized carbons (Fsp3) is 0.727. The number of nitrogens with zero attached hydrogens (tertiary/aromatic N) is 2. The van der Waals surface area contributed by atoms with Gasteiger partial charge in [-0.1, -0.05) is 13.8 Å². The van der Waals surface area contributed by atoms with Gasteiger partial charge in [0.15, 0.2) is 0 Å². The van der Waals surface area contributed by atoms with E-state index in [1.54, 1.807) is 7.11 Å². The van der Waals surface area contributed by atoms with Crippen molar-refractivity contribution in [3.05, 3.63) is 17.5 Å². The Morgan fingerprint density at radius 1 is 1.53 bits per heavy atom. The second-order valence-electron chi connectivity index (χ2n) is 4.04. The van der Waals surface area contributed by atoms with Gasteiger partial charge in [0.05, 0.1) is 12.3 Å². The van der Waals surface area contributed by atoms with Gasteiger partial charge in [-0.05, 0) is 5.92 Å². The number of rotatable bonds is 6. The van der Waals surface area contributed by atoms with E-state index >= 15 is 0 Å². The third-order valence-electron chi connectivity index (χ3n) is 2.28. The fourth-order valence-corrected chi connectivity index (χ4v) is 1.57. The number of nitrogens with one attached hydrogen (secondary N) is 1. The summed E-state index contributed by atoms with van der Waals surface area (Å²) >= 11 is 0. The molecule has 1 aromatic rings. The van der Waals surface area contributed by atoms with Crippen LogP contribution in [0.15, 0.2) is 6.20 Å². The monoisotopic (exact) mass is 211 g/mol. The van der Waals surface area contributed by atoms with E-state index in [0.29, 0.717) is 5.92 Å². The molecule has 0 aliphatic rings. The van der Waals surface area contributed by atoms with E-state index in [0.717, 1.165) is 19.7 Å². The average molecular weight is 211 g/mol. The molecule has 4 nitrogen and oxygen atoms in total. The molecule has 0 bridgehead atoms. The Morgan fingerprint density at radius 2 is 2.27 bits per heavy atom. The molecule has 0 radical (unpaired) electrons. The highest BCUT2D eigenvalue weighted by Crippen LogP contribution is 2.16. The van der Waals surface area contributed by atoms with Gasteiger partial charge < -0.3 is 10.1 Å². The van der Waals surface area contributed by atoms with Crippen molar-refractivity contribution in [3.63, 3.8) is 0 Å². The van der Waals surface area contributed by atoms with Crippen molar-refractivity contribution in [2.75, 3.05) is 20.3 Å². The molecule has 0 spiro atoms. The fourth-order valence-electron chi connectivity index (χ4n) is 1.57. The minimum Gasteiger partial charge on any atom is -0.383 e. The molecule has 15 heavy (non-hydrogen) atoms. The zero-order chi connectivity index (χ0) is 11.3. The Hall–Kier alpha value is -0.870. The van der Waals surface area contributed by atoms with Gasteiger partial charge in [0.2, 0.25) is 0 Å². The van der Waals surface area contributed by atoms with Gasteiger partial charge in [0.1, 0.15) is 0 Å². The first kappa shape index (κ1) is 12.2. The number of hydrogen-bond acceptors (Lipinski definition) is 3. The number of ether oxygens (including phenoxy) is 1. The molecular weight excluding hydrogens is 190 g/mol. The minimum atomic E-state index is 0.477. The van der Waals surface area contributed by atoms with E-state index in [9.17, 15) is 0 Å². The molecule has 0 aromatic carbocycles. The van der Waals surface area contributed by atoms with Gasteiger partial charge in [-0.2, -0.15) is 5.10 Å². The largest absolute Gasteiger partial charge is 0.383 e. The van der Waals surface area contributed by atoms with E-state index in [1.807, 2.05) is 11.7 Å². The zero-order valence-corrected chi connectivity index (χ0v) is 10.1. The molecule has 0 saturated carbocycles. The van der Waals surface area contributed by atoms with Crippen LogP contribution in [0.25, 0.3) is 0 Å². The normalized spacial score (nSPS) is 11.3. The summed E-state index contributed by atoms with van der Waals surface area (Å²) < 4.78 is 6.86. The lowest BCUT2D eigenvalue weighted by Crippen LogP contribution is -2.19. The Balaban J connectivity index is 2.52. The summed E-state index contributed by atoms with van der Waals surface area (Å²) in [6.45, 7) is 6.83. The molecule has 0 aliphatic carbocycles. The summed E-state index contributed by atoms with van der Waals surface area (Å²) in [5, 5.41) is 7.79. The molecule has 1 aromatic heterocycles. The third kappa shape index (κ3) is 3.64. The lowest BCUT2D eigenvalue weighted by molar-refractivity contribution is 0.199. The molecule has 1 heterocycles. The van der Waals surface area contributed by atoms with Crippen LogP contribution in [0.2, 0.25) is 0 Å². The van der Waals surface area contributed by atoms with Crippen molar-refractivity contribution < 1.29 is 4.74 Å². The Bertz CT molecular complexity index is 294. The van der Waals surface area contributed by atoms with E-state index in [2.05, 4.69) is 30.5 Å². The number of aromatic nitrogens is 2. The summed E-state index contributed by atoms with van der Waals surface area (Å²) in [6.07, 6.45) is 2.08. The summed E-state index contributed by atoms with van der Waals surface area (Å²) in [4.78, 5) is 0. The van der Waals surface area contributed by atoms with E-state index < -0.39 is 0 Å². The van der Waals surface area contributed by atoms with Crippen molar-refractivity contribution in [1.29, 1.82) is 0 Å². The van der Waals surface area contributed by atoms with Gasteiger partial charge in [0.25, 0.3) is 0 Å². The maximum Gasteiger partial charge on any atom is 0.0694 e. The molecule has 0 saturated heterocycles. The third-order valence-corrected chi connectivity index (χ3v) is 2.28. The minimum absolute atomic E-state index is 0.477. The number of methoxy groups -OCH3 is 1. The molecule has 4 heteroatoms. The van der Waals surface area contributed by atoms with Gasteiger partial charge >= 0.3 is 0 Å². The summed E-state index contributed by atoms with van der Waals surface area (Å²) in [5.74, 6) is 0.477. The second-order valence-corrected chi connectivity index (χ2v) is 4.04. The van der Waals surface area contributed by atoms with Crippen LogP contribution in [-0.2, 0) is 18.3 Å². The Kier molecular flexibility index (Phi) is 4.78. The molecule has 86 valence electrons. The van der Waals surface area contributed by atoms with Crippen LogP contribution in [0.5, 0.6) is 0 Å². The lowest BCUT2D eigenvalue weighted by Gasteiger charge is -2.06. The van der Waals surface area contributed by atoms with Crippen molar-refractivity contribution in [2.24, 2.45) is 7.05 Å². The molecular formula is C11H21N3O. The smallest absolute Gasteiger partial charge is 0.0694 e. The number of hydrogen-bond donors (Lipinski definition) is 1. The Labute approximate surface area is 91.6 Å². The van der Waals surface area contributed by atoms with Crippen LogP contribution in [0, 0.1) is 0 Å². The van der Waals surface area contributed by atoms with E-state index in [4.69, 9.17) is 4.74 Å². The van der Waals surface area contributed by atoms with Crippen LogP contribution in [0.4, 0.5) is 0 Å². The topological polar surface area (TPSA) is 39.1 Å². The highest BCUT2D eigenvalue weighted by Gasteiger charge is 2.10. The molecule has 1 N–H and O–H groups in total. The van der Waals surface area contributed by atoms with E-state index in [-0.39, 0.29) is 0 Å². The molecule has 0 amide bonds. The maximum absolute atomic E-state index is 4.98. The quantitative estimate of drug-likeness (QED) is 0.720. The summed E-state index contributed by atoms with van der Waals surface area (Å²) in [7, 11) is 3.68. The maximum atomic E-state index is 4.98. The second kappa shape index (κ2) is 5.88. The average Bonchev–Trinajstić information content (AvgIpc) is 2.55. The zero-order valence-electron chi connectivity index (χ0n) is 10.1. The van der Waals surface area contributed by atoms with Crippen LogP contribution >= 0.6 is 0 Å². The van der Waals surface area contributed by atoms with Crippen LogP contribution in [0.1, 0.15) is 31.0 Å². The standard InChI is InChI=1S/C11H21N3O/c1-9(2)11-10(8-14(3)13-11)7-12-5-6-15-4/h8-9,12H,5-7H2,1-4H3. The summed E-state index contributed by atoms with van der Waals surface area (Å²) in [5.41, 5.74) is 2.46. The van der Waals surface area contributed by atoms with Crippen molar-refractivity contribution in [1.82, 2.24) is 15.1 Å². The van der Waals surface area contributed by atoms with E-state index in [1.165, 1.54) is 11.3 Å². The SMILES string of the molecule is COCCNCc1cn(C)nc1C(C)C. The van der Waals surface area contributed by atoms with Crippen LogP contribution in [-0.4, -0.2) is 30.0 Å². The predicted molar refractivity (Wildman–Crippen MR) is 60.9 cm³/mol.